The van der Waals surface area contributed by atoms with Gasteiger partial charge in [0, 0.05) is 6.07 Å². The van der Waals surface area contributed by atoms with E-state index in [0.29, 0.717) is 12.4 Å². The highest BCUT2D eigenvalue weighted by atomic mass is 35.5. The van der Waals surface area contributed by atoms with Crippen molar-refractivity contribution in [2.24, 2.45) is 0 Å². The van der Waals surface area contributed by atoms with Gasteiger partial charge >= 0.3 is 0 Å². The van der Waals surface area contributed by atoms with Gasteiger partial charge in [-0.05, 0) is 42.9 Å². The second-order valence-electron chi connectivity index (χ2n) is 5.01. The maximum absolute atomic E-state index is 11.9. The van der Waals surface area contributed by atoms with E-state index in [1.165, 1.54) is 30.0 Å². The fourth-order valence-corrected chi connectivity index (χ4v) is 2.90. The molecule has 4 heteroatoms. The second kappa shape index (κ2) is 4.82. The second-order valence-corrected chi connectivity index (χ2v) is 5.39. The summed E-state index contributed by atoms with van der Waals surface area (Å²) in [6.45, 7) is 2.36. The molecule has 0 saturated carbocycles. The molecular weight excluding hydrogens is 260 g/mol. The van der Waals surface area contributed by atoms with Crippen LogP contribution in [0.2, 0.25) is 5.15 Å². The third-order valence-corrected chi connectivity index (χ3v) is 3.87. The first-order valence-corrected chi connectivity index (χ1v) is 6.86. The number of hydrogen-bond acceptors (Lipinski definition) is 2. The van der Waals surface area contributed by atoms with Crippen molar-refractivity contribution in [2.75, 3.05) is 0 Å². The highest BCUT2D eigenvalue weighted by Crippen LogP contribution is 2.23. The summed E-state index contributed by atoms with van der Waals surface area (Å²) in [4.78, 5) is 16.1. The van der Waals surface area contributed by atoms with E-state index < -0.39 is 0 Å². The molecule has 3 rings (SSSR count). The number of aryl methyl sites for hydroxylation is 3. The standard InChI is InChI=1S/C15H15ClN2O/c1-10-17-14(16)8-15(19)18(10)9-11-5-6-12-3-2-4-13(12)7-11/h5-8H,2-4,9H2,1H3. The minimum absolute atomic E-state index is 0.0991. The van der Waals surface area contributed by atoms with Crippen LogP contribution in [0.1, 0.15) is 28.9 Å². The molecule has 19 heavy (non-hydrogen) atoms. The van der Waals surface area contributed by atoms with Gasteiger partial charge in [-0.1, -0.05) is 29.8 Å². The van der Waals surface area contributed by atoms with Crippen LogP contribution in [0.15, 0.2) is 29.1 Å². The molecule has 1 aliphatic rings. The molecule has 0 amide bonds. The van der Waals surface area contributed by atoms with E-state index in [9.17, 15) is 4.79 Å². The molecule has 0 unspecified atom stereocenters. The topological polar surface area (TPSA) is 34.9 Å². The zero-order valence-corrected chi connectivity index (χ0v) is 11.6. The van der Waals surface area contributed by atoms with Crippen molar-refractivity contribution >= 4 is 11.6 Å². The quantitative estimate of drug-likeness (QED) is 0.790. The van der Waals surface area contributed by atoms with Crippen molar-refractivity contribution in [1.29, 1.82) is 0 Å². The van der Waals surface area contributed by atoms with Crippen molar-refractivity contribution in [2.45, 2.75) is 32.7 Å². The zero-order valence-electron chi connectivity index (χ0n) is 10.8. The van der Waals surface area contributed by atoms with Gasteiger partial charge < -0.3 is 0 Å². The van der Waals surface area contributed by atoms with Gasteiger partial charge in [-0.2, -0.15) is 0 Å². The van der Waals surface area contributed by atoms with Crippen LogP contribution in [-0.2, 0) is 19.4 Å². The highest BCUT2D eigenvalue weighted by Gasteiger charge is 2.11. The van der Waals surface area contributed by atoms with Gasteiger partial charge in [0.05, 0.1) is 6.54 Å². The smallest absolute Gasteiger partial charge is 0.255 e. The molecule has 0 spiro atoms. The predicted octanol–water partition coefficient (Wildman–Crippen LogP) is 2.74. The lowest BCUT2D eigenvalue weighted by molar-refractivity contribution is 0.700. The molecule has 1 aromatic heterocycles. The number of nitrogens with zero attached hydrogens (tertiary/aromatic N) is 2. The summed E-state index contributed by atoms with van der Waals surface area (Å²) >= 11 is 5.78. The van der Waals surface area contributed by atoms with Crippen LogP contribution in [0, 0.1) is 6.92 Å². The van der Waals surface area contributed by atoms with Gasteiger partial charge in [0.1, 0.15) is 11.0 Å². The first-order chi connectivity index (χ1) is 9.13. The Labute approximate surface area is 116 Å². The van der Waals surface area contributed by atoms with Crippen molar-refractivity contribution in [3.8, 4) is 0 Å². The van der Waals surface area contributed by atoms with Gasteiger partial charge in [0.15, 0.2) is 0 Å². The Balaban J connectivity index is 1.96. The van der Waals surface area contributed by atoms with Gasteiger partial charge in [0.2, 0.25) is 0 Å². The molecule has 0 N–H and O–H groups in total. The molecule has 0 atom stereocenters. The number of hydrogen-bond donors (Lipinski definition) is 0. The molecule has 98 valence electrons. The Bertz CT molecular complexity index is 691. The first-order valence-electron chi connectivity index (χ1n) is 6.48. The lowest BCUT2D eigenvalue weighted by Crippen LogP contribution is -2.23. The first kappa shape index (κ1) is 12.4. The van der Waals surface area contributed by atoms with Crippen LogP contribution in [0.25, 0.3) is 0 Å². The van der Waals surface area contributed by atoms with Gasteiger partial charge in [-0.25, -0.2) is 4.98 Å². The summed E-state index contributed by atoms with van der Waals surface area (Å²) in [5, 5.41) is 0.257. The number of halogens is 1. The molecule has 0 saturated heterocycles. The maximum Gasteiger partial charge on any atom is 0.255 e. The predicted molar refractivity (Wildman–Crippen MR) is 75.8 cm³/mol. The molecule has 1 aromatic carbocycles. The van der Waals surface area contributed by atoms with E-state index in [1.54, 1.807) is 11.5 Å². The van der Waals surface area contributed by atoms with E-state index in [-0.39, 0.29) is 10.7 Å². The fourth-order valence-electron chi connectivity index (χ4n) is 2.68. The van der Waals surface area contributed by atoms with E-state index >= 15 is 0 Å². The van der Waals surface area contributed by atoms with Crippen molar-refractivity contribution in [1.82, 2.24) is 9.55 Å². The molecule has 3 nitrogen and oxygen atoms in total. The van der Waals surface area contributed by atoms with Crippen molar-refractivity contribution in [3.63, 3.8) is 0 Å². The van der Waals surface area contributed by atoms with E-state index in [4.69, 9.17) is 11.6 Å². The average molecular weight is 275 g/mol. The molecule has 1 heterocycles. The fraction of sp³-hybridized carbons (Fsp3) is 0.333. The lowest BCUT2D eigenvalue weighted by atomic mass is 10.1. The van der Waals surface area contributed by atoms with E-state index in [2.05, 4.69) is 23.2 Å². The van der Waals surface area contributed by atoms with Crippen molar-refractivity contribution in [3.05, 3.63) is 62.3 Å². The molecule has 0 radical (unpaired) electrons. The molecule has 1 aliphatic carbocycles. The lowest BCUT2D eigenvalue weighted by Gasteiger charge is -2.10. The molecule has 0 aliphatic heterocycles. The van der Waals surface area contributed by atoms with Crippen LogP contribution in [0.3, 0.4) is 0 Å². The van der Waals surface area contributed by atoms with Crippen LogP contribution < -0.4 is 5.56 Å². The number of fused-ring (bicyclic) bond motifs is 1. The normalized spacial score (nSPS) is 13.6. The van der Waals surface area contributed by atoms with E-state index in [1.807, 2.05) is 0 Å². The molecular formula is C15H15ClN2O. The minimum Gasteiger partial charge on any atom is -0.292 e. The van der Waals surface area contributed by atoms with Gasteiger partial charge in [-0.15, -0.1) is 0 Å². The van der Waals surface area contributed by atoms with Gasteiger partial charge in [-0.3, -0.25) is 9.36 Å². The summed E-state index contributed by atoms with van der Waals surface area (Å²) in [6, 6.07) is 7.86. The Morgan fingerprint density at radius 2 is 2.05 bits per heavy atom. The Morgan fingerprint density at radius 1 is 1.26 bits per heavy atom. The third kappa shape index (κ3) is 2.43. The zero-order chi connectivity index (χ0) is 13.4. The third-order valence-electron chi connectivity index (χ3n) is 3.67. The van der Waals surface area contributed by atoms with Crippen LogP contribution in [-0.4, -0.2) is 9.55 Å². The van der Waals surface area contributed by atoms with Gasteiger partial charge in [0.25, 0.3) is 5.56 Å². The summed E-state index contributed by atoms with van der Waals surface area (Å²) in [7, 11) is 0. The summed E-state index contributed by atoms with van der Waals surface area (Å²) in [5.41, 5.74) is 3.92. The molecule has 2 aromatic rings. The van der Waals surface area contributed by atoms with Crippen molar-refractivity contribution < 1.29 is 0 Å². The van der Waals surface area contributed by atoms with Crippen LogP contribution in [0.4, 0.5) is 0 Å². The maximum atomic E-state index is 11.9. The summed E-state index contributed by atoms with van der Waals surface area (Å²) in [6.07, 6.45) is 3.56. The van der Waals surface area contributed by atoms with Crippen LogP contribution in [0.5, 0.6) is 0 Å². The van der Waals surface area contributed by atoms with Crippen LogP contribution >= 0.6 is 11.6 Å². The summed E-state index contributed by atoms with van der Waals surface area (Å²) < 4.78 is 1.66. The number of benzene rings is 1. The molecule has 0 bridgehead atoms. The Hall–Kier alpha value is -1.61. The Morgan fingerprint density at radius 3 is 2.84 bits per heavy atom. The van der Waals surface area contributed by atoms with E-state index in [0.717, 1.165) is 12.0 Å². The monoisotopic (exact) mass is 274 g/mol. The summed E-state index contributed by atoms with van der Waals surface area (Å²) in [5.74, 6) is 0.651. The average Bonchev–Trinajstić information content (AvgIpc) is 2.81. The number of aromatic nitrogens is 2. The Kier molecular flexibility index (Phi) is 3.15. The largest absolute Gasteiger partial charge is 0.292 e. The molecule has 0 fully saturated rings. The SMILES string of the molecule is Cc1nc(Cl)cc(=O)n1Cc1ccc2c(c1)CCC2. The number of rotatable bonds is 2. The minimum atomic E-state index is -0.0991. The highest BCUT2D eigenvalue weighted by molar-refractivity contribution is 6.29.